The summed E-state index contributed by atoms with van der Waals surface area (Å²) in [6, 6.07) is 10.2. The first-order chi connectivity index (χ1) is 17.4. The molecule has 2 unspecified atom stereocenters. The highest BCUT2D eigenvalue weighted by atomic mass is 35.5. The predicted molar refractivity (Wildman–Crippen MR) is 133 cm³/mol. The summed E-state index contributed by atoms with van der Waals surface area (Å²) >= 11 is 6.01. The Kier molecular flexibility index (Phi) is 5.82. The lowest BCUT2D eigenvalue weighted by Gasteiger charge is -2.30. The quantitative estimate of drug-likeness (QED) is 0.366. The van der Waals surface area contributed by atoms with Crippen LogP contribution in [-0.4, -0.2) is 26.0 Å². The molecule has 0 saturated carbocycles. The molecular weight excluding hydrogens is 483 g/mol. The zero-order valence-electron chi connectivity index (χ0n) is 19.9. The maximum Gasteiger partial charge on any atom is 0.265 e. The molecule has 4 aromatic rings. The van der Waals surface area contributed by atoms with E-state index in [0.29, 0.717) is 29.9 Å². The Labute approximate surface area is 211 Å². The summed E-state index contributed by atoms with van der Waals surface area (Å²) in [6.07, 6.45) is 2.74. The number of pyridine rings is 1. The molecule has 36 heavy (non-hydrogen) atoms. The fourth-order valence-electron chi connectivity index (χ4n) is 5.17. The van der Waals surface area contributed by atoms with Crippen molar-refractivity contribution in [2.45, 2.75) is 51.4 Å². The largest absolute Gasteiger partial charge is 0.373 e. The summed E-state index contributed by atoms with van der Waals surface area (Å²) < 4.78 is 28.3. The van der Waals surface area contributed by atoms with E-state index >= 15 is 4.39 Å². The molecule has 0 aliphatic carbocycles. The highest BCUT2D eigenvalue weighted by Crippen LogP contribution is 2.38. The van der Waals surface area contributed by atoms with Gasteiger partial charge in [-0.3, -0.25) is 9.78 Å². The minimum atomic E-state index is -0.553. The average Bonchev–Trinajstić information content (AvgIpc) is 3.24. The zero-order valence-corrected chi connectivity index (χ0v) is 20.6. The molecule has 0 bridgehead atoms. The number of fused-ring (bicyclic) bond motifs is 2. The summed E-state index contributed by atoms with van der Waals surface area (Å²) in [5, 5.41) is 0.269. The lowest BCUT2D eigenvalue weighted by atomic mass is 9.89. The van der Waals surface area contributed by atoms with Crippen molar-refractivity contribution < 1.29 is 13.9 Å². The minimum Gasteiger partial charge on any atom is -0.373 e. The third-order valence-electron chi connectivity index (χ3n) is 6.99. The third-order valence-corrected chi connectivity index (χ3v) is 7.23. The first-order valence-electron chi connectivity index (χ1n) is 12.0. The van der Waals surface area contributed by atoms with Crippen LogP contribution in [0.4, 0.5) is 4.39 Å². The second-order valence-electron chi connectivity index (χ2n) is 9.36. The molecule has 1 aromatic carbocycles. The van der Waals surface area contributed by atoms with Crippen LogP contribution in [0.3, 0.4) is 0 Å². The number of benzene rings is 1. The van der Waals surface area contributed by atoms with Gasteiger partial charge in [0, 0.05) is 41.2 Å². The monoisotopic (exact) mass is 506 g/mol. The third kappa shape index (κ3) is 3.99. The van der Waals surface area contributed by atoms with Gasteiger partial charge in [-0.25, -0.2) is 18.8 Å². The Balaban J connectivity index is 1.52. The lowest BCUT2D eigenvalue weighted by molar-refractivity contribution is 0.00457. The maximum atomic E-state index is 15.1. The van der Waals surface area contributed by atoms with Crippen molar-refractivity contribution in [1.29, 1.82) is 0 Å². The van der Waals surface area contributed by atoms with Crippen molar-refractivity contribution >= 4 is 17.2 Å². The number of rotatable bonds is 3. The standard InChI is InChI=1S/C27H24ClFN4O3/c1-14-9-17(5-7-30-14)23-10-16(6-8-35-23)21-12-24-31-22-13-36-15(2)25(22)27(34)33(24)26(32-21)19-4-3-18(28)11-20(19)29/h3-5,7,9,11-12,15-16,23H,6,8,10,13H2,1-2H3/t15-,16?,23?/m0/s1. The molecule has 9 heteroatoms. The van der Waals surface area contributed by atoms with Crippen molar-refractivity contribution in [2.75, 3.05) is 6.61 Å². The van der Waals surface area contributed by atoms with Crippen LogP contribution in [-0.2, 0) is 16.1 Å². The Bertz CT molecular complexity index is 1560. The molecule has 1 fully saturated rings. The summed E-state index contributed by atoms with van der Waals surface area (Å²) in [4.78, 5) is 27.5. The summed E-state index contributed by atoms with van der Waals surface area (Å²) in [7, 11) is 0. The first-order valence-corrected chi connectivity index (χ1v) is 12.3. The fraction of sp³-hybridized carbons (Fsp3) is 0.333. The van der Waals surface area contributed by atoms with Gasteiger partial charge in [0.15, 0.2) is 5.82 Å². The van der Waals surface area contributed by atoms with Crippen LogP contribution in [0.25, 0.3) is 17.0 Å². The van der Waals surface area contributed by atoms with Gasteiger partial charge in [0.25, 0.3) is 5.56 Å². The number of hydrogen-bond acceptors (Lipinski definition) is 6. The second kappa shape index (κ2) is 9.03. The van der Waals surface area contributed by atoms with Gasteiger partial charge in [0.1, 0.15) is 11.5 Å². The number of aryl methyl sites for hydroxylation is 1. The number of aromatic nitrogens is 4. The van der Waals surface area contributed by atoms with Crippen LogP contribution >= 0.6 is 11.6 Å². The molecule has 5 heterocycles. The minimum absolute atomic E-state index is 0.0386. The highest BCUT2D eigenvalue weighted by molar-refractivity contribution is 6.30. The zero-order chi connectivity index (χ0) is 25.0. The van der Waals surface area contributed by atoms with Gasteiger partial charge in [-0.15, -0.1) is 0 Å². The Morgan fingerprint density at radius 1 is 1.14 bits per heavy atom. The molecule has 2 aliphatic rings. The van der Waals surface area contributed by atoms with Gasteiger partial charge in [-0.05, 0) is 62.6 Å². The van der Waals surface area contributed by atoms with Gasteiger partial charge < -0.3 is 9.47 Å². The molecule has 2 aliphatic heterocycles. The van der Waals surface area contributed by atoms with E-state index in [2.05, 4.69) is 4.98 Å². The van der Waals surface area contributed by atoms with Crippen molar-refractivity contribution in [3.63, 3.8) is 0 Å². The van der Waals surface area contributed by atoms with E-state index in [1.165, 1.54) is 10.5 Å². The van der Waals surface area contributed by atoms with Gasteiger partial charge >= 0.3 is 0 Å². The summed E-state index contributed by atoms with van der Waals surface area (Å²) in [5.41, 5.74) is 4.16. The van der Waals surface area contributed by atoms with Crippen LogP contribution in [0.2, 0.25) is 5.02 Å². The predicted octanol–water partition coefficient (Wildman–Crippen LogP) is 5.48. The van der Waals surface area contributed by atoms with E-state index in [1.54, 1.807) is 18.3 Å². The van der Waals surface area contributed by atoms with Crippen LogP contribution in [0.1, 0.15) is 66.1 Å². The number of halogens is 2. The topological polar surface area (TPSA) is 78.6 Å². The second-order valence-corrected chi connectivity index (χ2v) is 9.80. The molecule has 0 N–H and O–H groups in total. The Morgan fingerprint density at radius 3 is 2.81 bits per heavy atom. The fourth-order valence-corrected chi connectivity index (χ4v) is 5.33. The van der Waals surface area contributed by atoms with Crippen molar-refractivity contribution in [3.05, 3.63) is 92.0 Å². The average molecular weight is 507 g/mol. The molecular formula is C27H24ClFN4O3. The van der Waals surface area contributed by atoms with Gasteiger partial charge in [-0.2, -0.15) is 0 Å². The van der Waals surface area contributed by atoms with Gasteiger partial charge in [-0.1, -0.05) is 11.6 Å². The van der Waals surface area contributed by atoms with E-state index in [-0.39, 0.29) is 46.7 Å². The highest BCUT2D eigenvalue weighted by Gasteiger charge is 2.30. The Hall–Kier alpha value is -3.20. The number of ether oxygens (including phenoxy) is 2. The molecule has 6 rings (SSSR count). The number of hydrogen-bond donors (Lipinski definition) is 0. The molecule has 3 aromatic heterocycles. The van der Waals surface area contributed by atoms with E-state index in [9.17, 15) is 4.79 Å². The molecule has 184 valence electrons. The van der Waals surface area contributed by atoms with Crippen LogP contribution < -0.4 is 5.56 Å². The molecule has 0 spiro atoms. The Morgan fingerprint density at radius 2 is 2.00 bits per heavy atom. The first kappa shape index (κ1) is 23.2. The number of nitrogens with zero attached hydrogens (tertiary/aromatic N) is 4. The van der Waals surface area contributed by atoms with Crippen molar-refractivity contribution in [2.24, 2.45) is 0 Å². The summed E-state index contributed by atoms with van der Waals surface area (Å²) in [6.45, 7) is 4.60. The van der Waals surface area contributed by atoms with Crippen LogP contribution in [0.15, 0.2) is 47.4 Å². The van der Waals surface area contributed by atoms with Crippen LogP contribution in [0.5, 0.6) is 0 Å². The van der Waals surface area contributed by atoms with E-state index in [1.807, 2.05) is 32.0 Å². The maximum absolute atomic E-state index is 15.1. The molecule has 0 radical (unpaired) electrons. The van der Waals surface area contributed by atoms with Gasteiger partial charge in [0.2, 0.25) is 0 Å². The molecule has 7 nitrogen and oxygen atoms in total. The lowest BCUT2D eigenvalue weighted by Crippen LogP contribution is -2.25. The summed E-state index contributed by atoms with van der Waals surface area (Å²) in [5.74, 6) is -0.308. The SMILES string of the molecule is Cc1cc(C2CC(c3cc4nc5c(c(=O)n4c(-c4ccc(Cl)cc4F)n3)[C@H](C)OC5)CCO2)ccn1. The van der Waals surface area contributed by atoms with E-state index in [4.69, 9.17) is 31.0 Å². The van der Waals surface area contributed by atoms with Crippen LogP contribution in [0, 0.1) is 12.7 Å². The normalized spacial score (nSPS) is 21.6. The molecule has 1 saturated heterocycles. The van der Waals surface area contributed by atoms with Crippen molar-refractivity contribution in [1.82, 2.24) is 19.4 Å². The van der Waals surface area contributed by atoms with Crippen molar-refractivity contribution in [3.8, 4) is 11.4 Å². The molecule has 0 amide bonds. The van der Waals surface area contributed by atoms with Gasteiger partial charge in [0.05, 0.1) is 35.6 Å². The molecule has 3 atom stereocenters. The smallest absolute Gasteiger partial charge is 0.265 e. The van der Waals surface area contributed by atoms with E-state index in [0.717, 1.165) is 23.4 Å². The van der Waals surface area contributed by atoms with E-state index < -0.39 is 5.82 Å².